The molecule has 2 amide bonds. The number of nitrogens with two attached hydrogens (primary N) is 1. The molecule has 90 valence electrons. The third kappa shape index (κ3) is 1.75. The van der Waals surface area contributed by atoms with Gasteiger partial charge in [0.15, 0.2) is 0 Å². The first-order valence-corrected chi connectivity index (χ1v) is 6.23. The Balaban J connectivity index is 2.15. The predicted molar refractivity (Wildman–Crippen MR) is 60.4 cm³/mol. The van der Waals surface area contributed by atoms with Gasteiger partial charge in [-0.25, -0.2) is 0 Å². The molecule has 0 spiro atoms. The minimum atomic E-state index is -0.0319. The molecule has 1 saturated carbocycles. The smallest absolute Gasteiger partial charge is 0.233 e. The lowest BCUT2D eigenvalue weighted by Crippen LogP contribution is -2.40. The van der Waals surface area contributed by atoms with Crippen molar-refractivity contribution in [1.29, 1.82) is 0 Å². The lowest BCUT2D eigenvalue weighted by atomic mass is 9.81. The highest BCUT2D eigenvalue weighted by molar-refractivity contribution is 6.05. The highest BCUT2D eigenvalue weighted by atomic mass is 16.2. The minimum Gasteiger partial charge on any atom is -0.330 e. The van der Waals surface area contributed by atoms with Crippen LogP contribution in [-0.4, -0.2) is 29.3 Å². The molecular formula is C12H20N2O2. The molecule has 4 nitrogen and oxygen atoms in total. The molecule has 1 saturated heterocycles. The Morgan fingerprint density at radius 1 is 1.25 bits per heavy atom. The normalized spacial score (nSPS) is 31.8. The van der Waals surface area contributed by atoms with Crippen molar-refractivity contribution in [3.8, 4) is 0 Å². The van der Waals surface area contributed by atoms with E-state index in [0.717, 1.165) is 25.7 Å². The largest absolute Gasteiger partial charge is 0.330 e. The van der Waals surface area contributed by atoms with Crippen LogP contribution in [0.1, 0.15) is 39.0 Å². The molecule has 1 heterocycles. The van der Waals surface area contributed by atoms with E-state index < -0.39 is 0 Å². The first-order valence-electron chi connectivity index (χ1n) is 6.23. The molecule has 3 atom stereocenters. The maximum atomic E-state index is 12.1. The van der Waals surface area contributed by atoms with Crippen LogP contribution in [0.2, 0.25) is 0 Å². The molecule has 2 N–H and O–H groups in total. The van der Waals surface area contributed by atoms with Gasteiger partial charge in [0.25, 0.3) is 0 Å². The van der Waals surface area contributed by atoms with Gasteiger partial charge in [-0.2, -0.15) is 0 Å². The average molecular weight is 224 g/mol. The molecule has 2 fully saturated rings. The molecule has 16 heavy (non-hydrogen) atoms. The summed E-state index contributed by atoms with van der Waals surface area (Å²) in [5, 5.41) is 0. The number of carbonyl (C=O) groups excluding carboxylic acids is 2. The van der Waals surface area contributed by atoms with Crippen molar-refractivity contribution < 1.29 is 9.59 Å². The highest BCUT2D eigenvalue weighted by Gasteiger charge is 2.49. The van der Waals surface area contributed by atoms with Crippen LogP contribution in [-0.2, 0) is 9.59 Å². The zero-order valence-corrected chi connectivity index (χ0v) is 9.82. The van der Waals surface area contributed by atoms with E-state index >= 15 is 0 Å². The van der Waals surface area contributed by atoms with Crippen LogP contribution in [0.25, 0.3) is 0 Å². The molecule has 4 heteroatoms. The van der Waals surface area contributed by atoms with Crippen molar-refractivity contribution in [3.05, 3.63) is 0 Å². The zero-order valence-electron chi connectivity index (χ0n) is 9.82. The predicted octanol–water partition coefficient (Wildman–Crippen LogP) is 0.899. The second-order valence-corrected chi connectivity index (χ2v) is 4.97. The Morgan fingerprint density at radius 3 is 2.19 bits per heavy atom. The number of nitrogens with zero attached hydrogens (tertiary/aromatic N) is 1. The number of hydrogen-bond donors (Lipinski definition) is 1. The molecule has 0 aromatic carbocycles. The van der Waals surface area contributed by atoms with E-state index in [2.05, 4.69) is 0 Å². The van der Waals surface area contributed by atoms with Crippen molar-refractivity contribution in [1.82, 2.24) is 4.90 Å². The van der Waals surface area contributed by atoms with Gasteiger partial charge in [-0.1, -0.05) is 12.8 Å². The Labute approximate surface area is 96.2 Å². The van der Waals surface area contributed by atoms with E-state index in [1.165, 1.54) is 4.90 Å². The SMILES string of the molecule is CC(CCN)N1C(=O)C2CCCCC2C1=O. The summed E-state index contributed by atoms with van der Waals surface area (Å²) >= 11 is 0. The zero-order chi connectivity index (χ0) is 11.7. The van der Waals surface area contributed by atoms with Gasteiger partial charge in [-0.15, -0.1) is 0 Å². The van der Waals surface area contributed by atoms with Gasteiger partial charge in [0.05, 0.1) is 11.8 Å². The van der Waals surface area contributed by atoms with Gasteiger partial charge in [-0.3, -0.25) is 14.5 Å². The number of rotatable bonds is 3. The van der Waals surface area contributed by atoms with Gasteiger partial charge in [0, 0.05) is 6.04 Å². The quantitative estimate of drug-likeness (QED) is 0.724. The van der Waals surface area contributed by atoms with Crippen LogP contribution in [0.15, 0.2) is 0 Å². The molecule has 0 radical (unpaired) electrons. The summed E-state index contributed by atoms with van der Waals surface area (Å²) in [7, 11) is 0. The van der Waals surface area contributed by atoms with Gasteiger partial charge in [-0.05, 0) is 32.7 Å². The van der Waals surface area contributed by atoms with Crippen molar-refractivity contribution >= 4 is 11.8 Å². The van der Waals surface area contributed by atoms with Crippen LogP contribution in [0, 0.1) is 11.8 Å². The average Bonchev–Trinajstić information content (AvgIpc) is 2.53. The summed E-state index contributed by atoms with van der Waals surface area (Å²) in [6.07, 6.45) is 4.65. The van der Waals surface area contributed by atoms with Gasteiger partial charge >= 0.3 is 0 Å². The molecule has 3 unspecified atom stereocenters. The molecular weight excluding hydrogens is 204 g/mol. The van der Waals surface area contributed by atoms with E-state index in [1.54, 1.807) is 0 Å². The molecule has 0 bridgehead atoms. The van der Waals surface area contributed by atoms with Crippen molar-refractivity contribution in [2.24, 2.45) is 17.6 Å². The Hall–Kier alpha value is -0.900. The third-order valence-electron chi connectivity index (χ3n) is 3.90. The number of amides is 2. The molecule has 1 aliphatic heterocycles. The molecule has 2 aliphatic rings. The van der Waals surface area contributed by atoms with Gasteiger partial charge in [0.2, 0.25) is 11.8 Å². The fourth-order valence-electron chi connectivity index (χ4n) is 2.99. The minimum absolute atomic E-state index is 0.0264. The van der Waals surface area contributed by atoms with Crippen LogP contribution < -0.4 is 5.73 Å². The Kier molecular flexibility index (Phi) is 3.28. The van der Waals surface area contributed by atoms with Crippen molar-refractivity contribution in [3.63, 3.8) is 0 Å². The molecule has 1 aliphatic carbocycles. The second-order valence-electron chi connectivity index (χ2n) is 4.97. The first-order chi connectivity index (χ1) is 7.66. The van der Waals surface area contributed by atoms with Gasteiger partial charge < -0.3 is 5.73 Å². The lowest BCUT2D eigenvalue weighted by molar-refractivity contribution is -0.142. The Morgan fingerprint density at radius 2 is 1.75 bits per heavy atom. The standard InChI is InChI=1S/C12H20N2O2/c1-8(6-7-13)14-11(15)9-4-2-3-5-10(9)12(14)16/h8-10H,2-7,13H2,1H3. The van der Waals surface area contributed by atoms with Crippen LogP contribution in [0.3, 0.4) is 0 Å². The monoisotopic (exact) mass is 224 g/mol. The van der Waals surface area contributed by atoms with E-state index in [0.29, 0.717) is 13.0 Å². The van der Waals surface area contributed by atoms with Crippen LogP contribution >= 0.6 is 0 Å². The topological polar surface area (TPSA) is 63.4 Å². The maximum absolute atomic E-state index is 12.1. The molecule has 0 aromatic heterocycles. The van der Waals surface area contributed by atoms with Crippen LogP contribution in [0.4, 0.5) is 0 Å². The van der Waals surface area contributed by atoms with Crippen LogP contribution in [0.5, 0.6) is 0 Å². The summed E-state index contributed by atoms with van der Waals surface area (Å²) < 4.78 is 0. The third-order valence-corrected chi connectivity index (χ3v) is 3.90. The summed E-state index contributed by atoms with van der Waals surface area (Å²) in [6.45, 7) is 2.44. The van der Waals surface area contributed by atoms with Gasteiger partial charge in [0.1, 0.15) is 0 Å². The number of carbonyl (C=O) groups is 2. The number of imide groups is 1. The summed E-state index contributed by atoms with van der Waals surface area (Å²) in [6, 6.07) is -0.0319. The lowest BCUT2D eigenvalue weighted by Gasteiger charge is -2.22. The van der Waals surface area contributed by atoms with E-state index in [9.17, 15) is 9.59 Å². The Bertz CT molecular complexity index is 279. The number of hydrogen-bond acceptors (Lipinski definition) is 3. The van der Waals surface area contributed by atoms with E-state index in [4.69, 9.17) is 5.73 Å². The first kappa shape index (κ1) is 11.6. The molecule has 2 rings (SSSR count). The fourth-order valence-corrected chi connectivity index (χ4v) is 2.99. The van der Waals surface area contributed by atoms with E-state index in [-0.39, 0.29) is 29.7 Å². The van der Waals surface area contributed by atoms with Crippen molar-refractivity contribution in [2.75, 3.05) is 6.54 Å². The summed E-state index contributed by atoms with van der Waals surface area (Å²) in [5.41, 5.74) is 5.49. The van der Waals surface area contributed by atoms with E-state index in [1.807, 2.05) is 6.92 Å². The van der Waals surface area contributed by atoms with Crippen molar-refractivity contribution in [2.45, 2.75) is 45.1 Å². The second kappa shape index (κ2) is 4.53. The summed E-state index contributed by atoms with van der Waals surface area (Å²) in [5.74, 6) is 0.0502. The fraction of sp³-hybridized carbons (Fsp3) is 0.833. The maximum Gasteiger partial charge on any atom is 0.233 e. The number of fused-ring (bicyclic) bond motifs is 1. The summed E-state index contributed by atoms with van der Waals surface area (Å²) in [4.78, 5) is 25.7. The highest BCUT2D eigenvalue weighted by Crippen LogP contribution is 2.38. The molecule has 0 aromatic rings. The number of likely N-dealkylation sites (tertiary alicyclic amines) is 1.